The summed E-state index contributed by atoms with van der Waals surface area (Å²) >= 11 is 0. The van der Waals surface area contributed by atoms with Gasteiger partial charge in [0.15, 0.2) is 5.41 Å². The number of aliphatic carboxylic acids is 2. The van der Waals surface area contributed by atoms with E-state index in [2.05, 4.69) is 13.8 Å². The van der Waals surface area contributed by atoms with Crippen molar-refractivity contribution in [2.75, 3.05) is 37.9 Å². The molecule has 0 aliphatic rings. The molecule has 0 radical (unpaired) electrons. The van der Waals surface area contributed by atoms with Gasteiger partial charge >= 0.3 is 23.9 Å². The number of carboxylic acid groups (broad SMARTS) is 2. The van der Waals surface area contributed by atoms with Crippen LogP contribution >= 0.6 is 0 Å². The maximum Gasteiger partial charge on any atom is 0.336 e. The van der Waals surface area contributed by atoms with Crippen molar-refractivity contribution in [3.63, 3.8) is 0 Å². The fourth-order valence-electron chi connectivity index (χ4n) is 9.36. The Kier molecular flexibility index (Phi) is 23.5. The summed E-state index contributed by atoms with van der Waals surface area (Å²) in [4.78, 5) is 53.0. The molecule has 0 fully saturated rings. The number of anilines is 2. The minimum Gasteiger partial charge on any atom is -0.494 e. The van der Waals surface area contributed by atoms with E-state index in [4.69, 9.17) is 39.9 Å². The highest BCUT2D eigenvalue weighted by Crippen LogP contribution is 2.52. The summed E-state index contributed by atoms with van der Waals surface area (Å²) in [5, 5.41) is 22.6. The number of benzene rings is 6. The Hall–Kier alpha value is -8.52. The molecule has 0 saturated carbocycles. The molecule has 0 heterocycles. The third kappa shape index (κ3) is 18.3. The number of unbranched alkanes of at least 4 members (excludes halogenated alkanes) is 6. The van der Waals surface area contributed by atoms with E-state index in [0.717, 1.165) is 61.2 Å². The average Bonchev–Trinajstić information content (AvgIpc) is 3.52. The van der Waals surface area contributed by atoms with Gasteiger partial charge in [0, 0.05) is 35.4 Å². The van der Waals surface area contributed by atoms with Gasteiger partial charge in [-0.05, 0) is 183 Å². The second kappa shape index (κ2) is 31.0. The molecule has 6 N–H and O–H groups in total. The molecule has 0 aliphatic carbocycles. The van der Waals surface area contributed by atoms with Crippen molar-refractivity contribution >= 4 is 47.4 Å². The monoisotopic (exact) mass is 1070 g/mol. The first kappa shape index (κ1) is 59.7. The topological polar surface area (TPSA) is 216 Å². The zero-order valence-corrected chi connectivity index (χ0v) is 45.3. The predicted octanol–water partition coefficient (Wildman–Crippen LogP) is 13.4. The number of carboxylic acids is 2. The van der Waals surface area contributed by atoms with Gasteiger partial charge in [0.25, 0.3) is 0 Å². The highest BCUT2D eigenvalue weighted by molar-refractivity contribution is 6.01. The van der Waals surface area contributed by atoms with Gasteiger partial charge in [-0.15, -0.1) is 0 Å². The van der Waals surface area contributed by atoms with Gasteiger partial charge in [-0.3, -0.25) is 9.59 Å². The minimum atomic E-state index is -2.33. The Morgan fingerprint density at radius 2 is 0.759 bits per heavy atom. The van der Waals surface area contributed by atoms with E-state index in [0.29, 0.717) is 84.4 Å². The maximum atomic E-state index is 13.9. The smallest absolute Gasteiger partial charge is 0.336 e. The van der Waals surface area contributed by atoms with Gasteiger partial charge in [-0.1, -0.05) is 88.1 Å². The third-order valence-electron chi connectivity index (χ3n) is 13.7. The van der Waals surface area contributed by atoms with Crippen LogP contribution in [0.3, 0.4) is 0 Å². The molecule has 0 unspecified atom stereocenters. The Labute approximate surface area is 464 Å². The first-order chi connectivity index (χ1) is 38.3. The highest BCUT2D eigenvalue weighted by Gasteiger charge is 2.62. The Balaban J connectivity index is 1.08. The lowest BCUT2D eigenvalue weighted by atomic mass is 9.53. The summed E-state index contributed by atoms with van der Waals surface area (Å²) in [6.07, 6.45) is 14.3. The first-order valence-corrected chi connectivity index (χ1v) is 27.2. The van der Waals surface area contributed by atoms with E-state index in [1.807, 2.05) is 24.3 Å². The first-order valence-electron chi connectivity index (χ1n) is 27.2. The summed E-state index contributed by atoms with van der Waals surface area (Å²) in [5.74, 6) is -0.552. The highest BCUT2D eigenvalue weighted by atomic mass is 16.5. The molecule has 0 saturated heterocycles. The summed E-state index contributed by atoms with van der Waals surface area (Å²) in [7, 11) is 0. The lowest BCUT2D eigenvalue weighted by Crippen LogP contribution is -2.57. The van der Waals surface area contributed by atoms with Crippen LogP contribution in [0.1, 0.15) is 113 Å². The third-order valence-corrected chi connectivity index (χ3v) is 13.7. The molecule has 0 atom stereocenters. The maximum absolute atomic E-state index is 13.9. The van der Waals surface area contributed by atoms with Crippen molar-refractivity contribution in [3.05, 3.63) is 180 Å². The lowest BCUT2D eigenvalue weighted by molar-refractivity contribution is -0.172. The van der Waals surface area contributed by atoms with E-state index < -0.39 is 34.7 Å². The van der Waals surface area contributed by atoms with Crippen molar-refractivity contribution in [3.8, 4) is 34.5 Å². The van der Waals surface area contributed by atoms with Crippen molar-refractivity contribution in [2.45, 2.75) is 103 Å². The van der Waals surface area contributed by atoms with Crippen molar-refractivity contribution in [1.82, 2.24) is 0 Å². The molecule has 0 amide bonds. The second-order valence-electron chi connectivity index (χ2n) is 19.5. The van der Waals surface area contributed by atoms with Crippen LogP contribution < -0.4 is 39.9 Å². The lowest BCUT2D eigenvalue weighted by Gasteiger charge is -2.47. The van der Waals surface area contributed by atoms with Crippen LogP contribution in [0, 0.1) is 5.41 Å². The molecule has 0 aliphatic heterocycles. The number of nitrogen functional groups attached to an aromatic ring is 2. The molecule has 0 aromatic heterocycles. The summed E-state index contributed by atoms with van der Waals surface area (Å²) in [6.45, 7) is 6.08. The number of carbonyl (C=O) groups is 4. The zero-order chi connectivity index (χ0) is 56.3. The van der Waals surface area contributed by atoms with Crippen LogP contribution in [0.15, 0.2) is 158 Å². The quantitative estimate of drug-likeness (QED) is 0.00739. The molecular formula is C65H74N2O12. The largest absolute Gasteiger partial charge is 0.494 e. The van der Waals surface area contributed by atoms with Gasteiger partial charge in [-0.2, -0.15) is 0 Å². The van der Waals surface area contributed by atoms with Gasteiger partial charge in [0.2, 0.25) is 0 Å². The van der Waals surface area contributed by atoms with Gasteiger partial charge in [-0.25, -0.2) is 9.59 Å². The van der Waals surface area contributed by atoms with E-state index in [-0.39, 0.29) is 32.5 Å². The van der Waals surface area contributed by atoms with E-state index in [1.54, 1.807) is 133 Å². The van der Waals surface area contributed by atoms with Crippen LogP contribution in [-0.4, -0.2) is 60.5 Å². The Morgan fingerprint density at radius 1 is 0.430 bits per heavy atom. The Bertz CT molecular complexity index is 2730. The van der Waals surface area contributed by atoms with Gasteiger partial charge in [0.1, 0.15) is 34.5 Å². The number of nitrogens with two attached hydrogens (primary N) is 2. The molecule has 14 nitrogen and oxygen atoms in total. The molecule has 79 heavy (non-hydrogen) atoms. The van der Waals surface area contributed by atoms with Crippen LogP contribution in [0.2, 0.25) is 0 Å². The zero-order valence-electron chi connectivity index (χ0n) is 45.3. The Morgan fingerprint density at radius 3 is 1.11 bits per heavy atom. The number of rotatable bonds is 34. The van der Waals surface area contributed by atoms with Crippen molar-refractivity contribution in [1.29, 1.82) is 0 Å². The number of esters is 2. The van der Waals surface area contributed by atoms with Crippen LogP contribution in [0.5, 0.6) is 34.5 Å². The van der Waals surface area contributed by atoms with Crippen LogP contribution in [0.4, 0.5) is 11.4 Å². The standard InChI is InChI=1S/C65H74N2O12/c1-3-5-9-43-74-56-31-35-58(36-32-56)78-60(68)39-19-48-15-27-54(28-16-48)76-45-11-7-41-64(51-21-25-53(67)26-22-51,65(62(70)71,63(72)73)47-50-13-23-52(66)24-14-50)42-8-12-46-77-55-29-17-49(18-30-55)20-40-61(69)79-59-37-33-57(34-38-59)75-44-10-6-4-2/h13-40H,3-12,41-47,66-67H2,1-2H3,(H,70,71)(H,72,73). The molecule has 6 aromatic carbocycles. The molecular weight excluding hydrogens is 1000 g/mol. The number of hydrogen-bond donors (Lipinski definition) is 4. The average molecular weight is 1080 g/mol. The summed E-state index contributed by atoms with van der Waals surface area (Å²) in [6, 6.07) is 41.7. The van der Waals surface area contributed by atoms with E-state index in [9.17, 15) is 29.4 Å². The van der Waals surface area contributed by atoms with Gasteiger partial charge < -0.3 is 50.1 Å². The van der Waals surface area contributed by atoms with Crippen molar-refractivity contribution in [2.24, 2.45) is 5.41 Å². The predicted molar refractivity (Wildman–Crippen MR) is 309 cm³/mol. The molecule has 14 heteroatoms. The molecule has 0 spiro atoms. The normalized spacial score (nSPS) is 12.2. The van der Waals surface area contributed by atoms with Crippen molar-refractivity contribution < 1.29 is 57.8 Å². The molecule has 0 bridgehead atoms. The summed E-state index contributed by atoms with van der Waals surface area (Å²) < 4.78 is 34.6. The fraction of sp³-hybridized carbons (Fsp3) is 0.323. The van der Waals surface area contributed by atoms with Crippen LogP contribution in [0.25, 0.3) is 12.2 Å². The van der Waals surface area contributed by atoms with Crippen LogP contribution in [-0.2, 0) is 31.0 Å². The number of hydrogen-bond acceptors (Lipinski definition) is 12. The second-order valence-corrected chi connectivity index (χ2v) is 19.5. The van der Waals surface area contributed by atoms with Gasteiger partial charge in [0.05, 0.1) is 26.4 Å². The molecule has 6 aromatic rings. The minimum absolute atomic E-state index is 0.189. The summed E-state index contributed by atoms with van der Waals surface area (Å²) in [5.41, 5.74) is 11.9. The van der Waals surface area contributed by atoms with E-state index in [1.165, 1.54) is 12.2 Å². The fourth-order valence-corrected chi connectivity index (χ4v) is 9.36. The SMILES string of the molecule is CCCCCOc1ccc(OC(=O)C=Cc2ccc(OCCCCC(CCCCOc3ccc(C=CC(=O)Oc4ccc(OCCCCC)cc4)cc3)(c3ccc(N)cc3)C(Cc3ccc(N)cc3)(C(=O)O)C(=O)O)cc2)cc1. The molecule has 6 rings (SSSR count). The van der Waals surface area contributed by atoms with E-state index >= 15 is 0 Å². The number of carbonyl (C=O) groups excluding carboxylic acids is 2. The number of ether oxygens (including phenoxy) is 6. The molecule has 416 valence electrons.